The van der Waals surface area contributed by atoms with Crippen LogP contribution in [-0.4, -0.2) is 51.1 Å². The SMILES string of the molecule is Cc1nccn1-c1ncccc1CNC(=O)NC[C@@H](C(C)C)N1CCCCCC1. The highest BCUT2D eigenvalue weighted by Gasteiger charge is 2.23. The van der Waals surface area contributed by atoms with Crippen LogP contribution in [0.5, 0.6) is 0 Å². The van der Waals surface area contributed by atoms with Crippen molar-refractivity contribution in [2.45, 2.75) is 59.0 Å². The van der Waals surface area contributed by atoms with Crippen molar-refractivity contribution in [1.82, 2.24) is 30.1 Å². The quantitative estimate of drug-likeness (QED) is 0.751. The normalized spacial score (nSPS) is 16.4. The van der Waals surface area contributed by atoms with Gasteiger partial charge in [0.25, 0.3) is 0 Å². The number of carbonyl (C=O) groups is 1. The molecule has 2 amide bonds. The molecule has 0 radical (unpaired) electrons. The Bertz CT molecular complexity index is 779. The first kappa shape index (κ1) is 21.3. The Morgan fingerprint density at radius 2 is 1.86 bits per heavy atom. The molecule has 0 saturated carbocycles. The maximum Gasteiger partial charge on any atom is 0.315 e. The lowest BCUT2D eigenvalue weighted by Crippen LogP contribution is -2.49. The number of hydrogen-bond donors (Lipinski definition) is 2. The second kappa shape index (κ2) is 10.4. The van der Waals surface area contributed by atoms with Crippen LogP contribution in [0.2, 0.25) is 0 Å². The molecule has 0 spiro atoms. The van der Waals surface area contributed by atoms with Crippen LogP contribution in [0.4, 0.5) is 4.79 Å². The van der Waals surface area contributed by atoms with E-state index in [1.165, 1.54) is 25.7 Å². The molecule has 7 heteroatoms. The standard InChI is InChI=1S/C22H34N6O/c1-17(2)20(27-12-6-4-5-7-13-27)16-26-22(29)25-15-19-9-8-10-24-21(19)28-14-11-23-18(28)3/h8-11,14,17,20H,4-7,12-13,15-16H2,1-3H3,(H2,25,26,29)/t20-/m0/s1. The molecule has 1 aliphatic heterocycles. The minimum Gasteiger partial charge on any atom is -0.337 e. The van der Waals surface area contributed by atoms with E-state index in [1.807, 2.05) is 29.8 Å². The van der Waals surface area contributed by atoms with E-state index in [-0.39, 0.29) is 6.03 Å². The van der Waals surface area contributed by atoms with E-state index < -0.39 is 0 Å². The fourth-order valence-corrected chi connectivity index (χ4v) is 4.04. The molecular weight excluding hydrogens is 364 g/mol. The van der Waals surface area contributed by atoms with Gasteiger partial charge in [0.1, 0.15) is 11.6 Å². The number of urea groups is 1. The Balaban J connectivity index is 1.55. The summed E-state index contributed by atoms with van der Waals surface area (Å²) >= 11 is 0. The largest absolute Gasteiger partial charge is 0.337 e. The number of rotatable bonds is 7. The number of aromatic nitrogens is 3. The van der Waals surface area contributed by atoms with Gasteiger partial charge in [-0.05, 0) is 44.8 Å². The van der Waals surface area contributed by atoms with Crippen LogP contribution >= 0.6 is 0 Å². The van der Waals surface area contributed by atoms with E-state index in [0.717, 1.165) is 30.3 Å². The van der Waals surface area contributed by atoms with Gasteiger partial charge in [-0.15, -0.1) is 0 Å². The summed E-state index contributed by atoms with van der Waals surface area (Å²) in [5, 5.41) is 6.07. The van der Waals surface area contributed by atoms with Gasteiger partial charge in [-0.1, -0.05) is 32.8 Å². The van der Waals surface area contributed by atoms with Crippen molar-refractivity contribution in [3.63, 3.8) is 0 Å². The highest BCUT2D eigenvalue weighted by molar-refractivity contribution is 5.74. The average molecular weight is 399 g/mol. The van der Waals surface area contributed by atoms with Gasteiger partial charge >= 0.3 is 6.03 Å². The molecule has 29 heavy (non-hydrogen) atoms. The number of carbonyl (C=O) groups excluding carboxylic acids is 1. The Hall–Kier alpha value is -2.41. The summed E-state index contributed by atoms with van der Waals surface area (Å²) in [4.78, 5) is 23.8. The number of nitrogens with zero attached hydrogens (tertiary/aromatic N) is 4. The second-order valence-electron chi connectivity index (χ2n) is 8.16. The van der Waals surface area contributed by atoms with Gasteiger partial charge < -0.3 is 10.6 Å². The van der Waals surface area contributed by atoms with Crippen LogP contribution in [0.25, 0.3) is 5.82 Å². The smallest absolute Gasteiger partial charge is 0.315 e. The number of aryl methyl sites for hydroxylation is 1. The third-order valence-corrected chi connectivity index (χ3v) is 5.71. The maximum absolute atomic E-state index is 12.5. The highest BCUT2D eigenvalue weighted by atomic mass is 16.2. The molecule has 1 fully saturated rings. The molecule has 0 bridgehead atoms. The minimum atomic E-state index is -0.136. The van der Waals surface area contributed by atoms with Gasteiger partial charge in [0, 0.05) is 43.3 Å². The van der Waals surface area contributed by atoms with Gasteiger partial charge in [-0.25, -0.2) is 14.8 Å². The molecule has 2 aromatic rings. The van der Waals surface area contributed by atoms with Crippen molar-refractivity contribution < 1.29 is 4.79 Å². The molecule has 1 aliphatic rings. The fraction of sp³-hybridized carbons (Fsp3) is 0.591. The number of nitrogens with one attached hydrogen (secondary N) is 2. The second-order valence-corrected chi connectivity index (χ2v) is 8.16. The number of likely N-dealkylation sites (tertiary alicyclic amines) is 1. The van der Waals surface area contributed by atoms with Crippen LogP contribution in [0, 0.1) is 12.8 Å². The van der Waals surface area contributed by atoms with E-state index in [0.29, 0.717) is 25.0 Å². The molecule has 0 unspecified atom stereocenters. The Morgan fingerprint density at radius 1 is 1.10 bits per heavy atom. The number of pyridine rings is 1. The van der Waals surface area contributed by atoms with Crippen LogP contribution in [-0.2, 0) is 6.54 Å². The zero-order valence-corrected chi connectivity index (χ0v) is 17.9. The minimum absolute atomic E-state index is 0.136. The fourth-order valence-electron chi connectivity index (χ4n) is 4.04. The summed E-state index contributed by atoms with van der Waals surface area (Å²) in [6.07, 6.45) is 10.5. The monoisotopic (exact) mass is 398 g/mol. The Labute approximate surface area is 173 Å². The van der Waals surface area contributed by atoms with Crippen molar-refractivity contribution in [1.29, 1.82) is 0 Å². The number of imidazole rings is 1. The maximum atomic E-state index is 12.5. The van der Waals surface area contributed by atoms with E-state index >= 15 is 0 Å². The lowest BCUT2D eigenvalue weighted by atomic mass is 10.0. The van der Waals surface area contributed by atoms with Crippen LogP contribution in [0.1, 0.15) is 50.9 Å². The van der Waals surface area contributed by atoms with E-state index in [2.05, 4.69) is 39.3 Å². The lowest BCUT2D eigenvalue weighted by Gasteiger charge is -2.33. The molecule has 0 aliphatic carbocycles. The summed E-state index contributed by atoms with van der Waals surface area (Å²) in [5.74, 6) is 2.17. The number of amides is 2. The molecule has 1 atom stereocenters. The molecule has 3 rings (SSSR count). The summed E-state index contributed by atoms with van der Waals surface area (Å²) in [7, 11) is 0. The molecule has 3 heterocycles. The molecule has 2 N–H and O–H groups in total. The molecule has 7 nitrogen and oxygen atoms in total. The van der Waals surface area contributed by atoms with Crippen LogP contribution < -0.4 is 10.6 Å². The lowest BCUT2D eigenvalue weighted by molar-refractivity contribution is 0.157. The van der Waals surface area contributed by atoms with Crippen molar-refractivity contribution >= 4 is 6.03 Å². The molecule has 158 valence electrons. The first-order chi connectivity index (χ1) is 14.1. The van der Waals surface area contributed by atoms with Gasteiger partial charge in [-0.3, -0.25) is 9.47 Å². The van der Waals surface area contributed by atoms with Crippen LogP contribution in [0.3, 0.4) is 0 Å². The molecule has 1 saturated heterocycles. The van der Waals surface area contributed by atoms with Crippen LogP contribution in [0.15, 0.2) is 30.7 Å². The third-order valence-electron chi connectivity index (χ3n) is 5.71. The van der Waals surface area contributed by atoms with Gasteiger partial charge in [0.2, 0.25) is 0 Å². The summed E-state index contributed by atoms with van der Waals surface area (Å²) < 4.78 is 1.93. The van der Waals surface area contributed by atoms with Crippen molar-refractivity contribution in [3.05, 3.63) is 42.1 Å². The van der Waals surface area contributed by atoms with E-state index in [9.17, 15) is 4.79 Å². The summed E-state index contributed by atoms with van der Waals surface area (Å²) in [6.45, 7) is 9.78. The van der Waals surface area contributed by atoms with E-state index in [4.69, 9.17) is 0 Å². The Morgan fingerprint density at radius 3 is 2.52 bits per heavy atom. The zero-order valence-electron chi connectivity index (χ0n) is 17.9. The predicted octanol–water partition coefficient (Wildman–Crippen LogP) is 3.28. The topological polar surface area (TPSA) is 75.1 Å². The molecule has 2 aromatic heterocycles. The number of hydrogen-bond acceptors (Lipinski definition) is 4. The zero-order chi connectivity index (χ0) is 20.6. The highest BCUT2D eigenvalue weighted by Crippen LogP contribution is 2.17. The van der Waals surface area contributed by atoms with Crippen molar-refractivity contribution in [3.8, 4) is 5.82 Å². The van der Waals surface area contributed by atoms with Gasteiger partial charge in [0.05, 0.1) is 0 Å². The van der Waals surface area contributed by atoms with Crippen molar-refractivity contribution in [2.75, 3.05) is 19.6 Å². The third kappa shape index (κ3) is 5.79. The first-order valence-electron chi connectivity index (χ1n) is 10.8. The predicted molar refractivity (Wildman–Crippen MR) is 115 cm³/mol. The average Bonchev–Trinajstić information content (AvgIpc) is 2.96. The summed E-state index contributed by atoms with van der Waals surface area (Å²) in [5.41, 5.74) is 0.955. The molecular formula is C22H34N6O. The molecule has 0 aromatic carbocycles. The Kier molecular flexibility index (Phi) is 7.63. The summed E-state index contributed by atoms with van der Waals surface area (Å²) in [6, 6.07) is 4.11. The van der Waals surface area contributed by atoms with E-state index in [1.54, 1.807) is 12.4 Å². The van der Waals surface area contributed by atoms with Gasteiger partial charge in [0.15, 0.2) is 0 Å². The van der Waals surface area contributed by atoms with Crippen molar-refractivity contribution in [2.24, 2.45) is 5.92 Å². The first-order valence-corrected chi connectivity index (χ1v) is 10.8. The van der Waals surface area contributed by atoms with Gasteiger partial charge in [-0.2, -0.15) is 0 Å².